The van der Waals surface area contributed by atoms with Crippen LogP contribution in [-0.4, -0.2) is 15.4 Å². The molecule has 0 aliphatic carbocycles. The van der Waals surface area contributed by atoms with Crippen LogP contribution in [-0.2, 0) is 5.75 Å². The zero-order valence-electron chi connectivity index (χ0n) is 9.49. The fraction of sp³-hybridized carbons (Fsp3) is 0.182. The molecule has 92 valence electrons. The third-order valence-electron chi connectivity index (χ3n) is 2.15. The van der Waals surface area contributed by atoms with Gasteiger partial charge in [0.1, 0.15) is 5.76 Å². The van der Waals surface area contributed by atoms with Gasteiger partial charge in [-0.15, -0.1) is 21.5 Å². The van der Waals surface area contributed by atoms with E-state index in [-0.39, 0.29) is 0 Å². The van der Waals surface area contributed by atoms with E-state index in [2.05, 4.69) is 15.4 Å². The lowest BCUT2D eigenvalue weighted by molar-refractivity contribution is 0.390. The molecule has 0 bridgehead atoms. The van der Waals surface area contributed by atoms with Crippen molar-refractivity contribution in [2.24, 2.45) is 0 Å². The molecule has 5 nitrogen and oxygen atoms in total. The van der Waals surface area contributed by atoms with Gasteiger partial charge in [0.2, 0.25) is 0 Å². The zero-order valence-corrected chi connectivity index (χ0v) is 11.1. The molecule has 0 atom stereocenters. The van der Waals surface area contributed by atoms with Gasteiger partial charge in [-0.3, -0.25) is 0 Å². The SMILES string of the molecule is Cc1cc(CSc2nnc(-c3cccs3)o2)on1. The van der Waals surface area contributed by atoms with Crippen molar-refractivity contribution < 1.29 is 8.94 Å². The van der Waals surface area contributed by atoms with Gasteiger partial charge < -0.3 is 8.94 Å². The van der Waals surface area contributed by atoms with Crippen molar-refractivity contribution in [3.63, 3.8) is 0 Å². The topological polar surface area (TPSA) is 65.0 Å². The second kappa shape index (κ2) is 4.95. The number of thioether (sulfide) groups is 1. The van der Waals surface area contributed by atoms with E-state index in [1.807, 2.05) is 30.5 Å². The highest BCUT2D eigenvalue weighted by Gasteiger charge is 2.11. The minimum absolute atomic E-state index is 0.535. The van der Waals surface area contributed by atoms with Crippen molar-refractivity contribution in [1.82, 2.24) is 15.4 Å². The van der Waals surface area contributed by atoms with Crippen LogP contribution < -0.4 is 0 Å². The molecule has 0 aliphatic rings. The molecule has 0 saturated heterocycles. The van der Waals surface area contributed by atoms with Gasteiger partial charge in [0.05, 0.1) is 16.3 Å². The van der Waals surface area contributed by atoms with Gasteiger partial charge in [-0.25, -0.2) is 0 Å². The Kier molecular flexibility index (Phi) is 3.16. The molecule has 0 saturated carbocycles. The van der Waals surface area contributed by atoms with Gasteiger partial charge in [-0.1, -0.05) is 23.0 Å². The van der Waals surface area contributed by atoms with Gasteiger partial charge >= 0.3 is 0 Å². The number of aromatic nitrogens is 3. The predicted octanol–water partition coefficient (Wildman–Crippen LogP) is 3.39. The fourth-order valence-electron chi connectivity index (χ4n) is 1.39. The van der Waals surface area contributed by atoms with Crippen LogP contribution in [0.15, 0.2) is 37.7 Å². The second-order valence-electron chi connectivity index (χ2n) is 3.57. The Hall–Kier alpha value is -1.60. The maximum absolute atomic E-state index is 5.55. The molecule has 0 N–H and O–H groups in total. The lowest BCUT2D eigenvalue weighted by Gasteiger charge is -1.90. The van der Waals surface area contributed by atoms with E-state index in [1.165, 1.54) is 11.8 Å². The molecule has 0 radical (unpaired) electrons. The highest BCUT2D eigenvalue weighted by atomic mass is 32.2. The number of aryl methyl sites for hydroxylation is 1. The van der Waals surface area contributed by atoms with Crippen LogP contribution >= 0.6 is 23.1 Å². The summed E-state index contributed by atoms with van der Waals surface area (Å²) >= 11 is 3.01. The summed E-state index contributed by atoms with van der Waals surface area (Å²) < 4.78 is 10.7. The van der Waals surface area contributed by atoms with Gasteiger partial charge in [0, 0.05) is 6.07 Å². The van der Waals surface area contributed by atoms with E-state index in [9.17, 15) is 0 Å². The van der Waals surface area contributed by atoms with Crippen LogP contribution in [0.3, 0.4) is 0 Å². The van der Waals surface area contributed by atoms with Crippen molar-refractivity contribution in [2.75, 3.05) is 0 Å². The van der Waals surface area contributed by atoms with Crippen LogP contribution in [0.2, 0.25) is 0 Å². The van der Waals surface area contributed by atoms with Crippen molar-refractivity contribution in [3.8, 4) is 10.8 Å². The monoisotopic (exact) mass is 279 g/mol. The van der Waals surface area contributed by atoms with Crippen molar-refractivity contribution in [1.29, 1.82) is 0 Å². The highest BCUT2D eigenvalue weighted by molar-refractivity contribution is 7.98. The van der Waals surface area contributed by atoms with Gasteiger partial charge in [-0.2, -0.15) is 0 Å². The maximum atomic E-state index is 5.55. The van der Waals surface area contributed by atoms with E-state index in [0.717, 1.165) is 16.3 Å². The summed E-state index contributed by atoms with van der Waals surface area (Å²) in [5, 5.41) is 14.3. The Labute approximate surface area is 111 Å². The van der Waals surface area contributed by atoms with Gasteiger partial charge in [0.15, 0.2) is 0 Å². The molecular weight excluding hydrogens is 270 g/mol. The first-order valence-electron chi connectivity index (χ1n) is 5.23. The van der Waals surface area contributed by atoms with Crippen LogP contribution in [0, 0.1) is 6.92 Å². The number of hydrogen-bond donors (Lipinski definition) is 0. The lowest BCUT2D eigenvalue weighted by Crippen LogP contribution is -1.76. The molecule has 18 heavy (non-hydrogen) atoms. The molecule has 7 heteroatoms. The highest BCUT2D eigenvalue weighted by Crippen LogP contribution is 2.28. The third kappa shape index (κ3) is 2.46. The Balaban J connectivity index is 1.67. The number of nitrogens with zero attached hydrogens (tertiary/aromatic N) is 3. The fourth-order valence-corrected chi connectivity index (χ4v) is 2.67. The molecule has 0 unspecified atom stereocenters. The summed E-state index contributed by atoms with van der Waals surface area (Å²) in [6, 6.07) is 5.80. The summed E-state index contributed by atoms with van der Waals surface area (Å²) in [6.45, 7) is 1.89. The van der Waals surface area contributed by atoms with Crippen LogP contribution in [0.4, 0.5) is 0 Å². The Bertz CT molecular complexity index is 630. The molecule has 3 aromatic rings. The third-order valence-corrected chi connectivity index (χ3v) is 3.85. The van der Waals surface area contributed by atoms with Crippen LogP contribution in [0.5, 0.6) is 0 Å². The summed E-state index contributed by atoms with van der Waals surface area (Å²) in [5.41, 5.74) is 0.871. The van der Waals surface area contributed by atoms with E-state index in [0.29, 0.717) is 16.9 Å². The molecule has 3 heterocycles. The Morgan fingerprint density at radius 2 is 2.33 bits per heavy atom. The van der Waals surface area contributed by atoms with Crippen LogP contribution in [0.1, 0.15) is 11.5 Å². The minimum Gasteiger partial charge on any atom is -0.410 e. The predicted molar refractivity (Wildman–Crippen MR) is 68.4 cm³/mol. The molecule has 0 fully saturated rings. The molecule has 3 rings (SSSR count). The Morgan fingerprint density at radius 3 is 3.06 bits per heavy atom. The quantitative estimate of drug-likeness (QED) is 0.682. The van der Waals surface area contributed by atoms with E-state index >= 15 is 0 Å². The molecular formula is C11H9N3O2S2. The first kappa shape index (κ1) is 11.5. The van der Waals surface area contributed by atoms with Crippen molar-refractivity contribution >= 4 is 23.1 Å². The van der Waals surface area contributed by atoms with Crippen molar-refractivity contribution in [2.45, 2.75) is 17.9 Å². The lowest BCUT2D eigenvalue weighted by atomic mass is 10.4. The summed E-state index contributed by atoms with van der Waals surface area (Å²) in [5.74, 6) is 1.99. The average Bonchev–Trinajstić information content (AvgIpc) is 3.07. The van der Waals surface area contributed by atoms with E-state index < -0.39 is 0 Å². The molecule has 0 spiro atoms. The van der Waals surface area contributed by atoms with E-state index in [1.54, 1.807) is 11.3 Å². The number of hydrogen-bond acceptors (Lipinski definition) is 7. The second-order valence-corrected chi connectivity index (χ2v) is 5.45. The molecule has 0 amide bonds. The Morgan fingerprint density at radius 1 is 1.39 bits per heavy atom. The van der Waals surface area contributed by atoms with Crippen LogP contribution in [0.25, 0.3) is 10.8 Å². The normalized spacial score (nSPS) is 10.9. The van der Waals surface area contributed by atoms with Crippen molar-refractivity contribution in [3.05, 3.63) is 35.0 Å². The first-order chi connectivity index (χ1) is 8.81. The zero-order chi connectivity index (χ0) is 12.4. The molecule has 0 aromatic carbocycles. The number of thiophene rings is 1. The standard InChI is InChI=1S/C11H9N3O2S2/c1-7-5-8(16-14-7)6-18-11-13-12-10(15-11)9-3-2-4-17-9/h2-5H,6H2,1H3. The summed E-state index contributed by atoms with van der Waals surface area (Å²) in [4.78, 5) is 0.977. The molecule has 0 aliphatic heterocycles. The summed E-state index contributed by atoms with van der Waals surface area (Å²) in [7, 11) is 0. The number of rotatable bonds is 4. The smallest absolute Gasteiger partial charge is 0.277 e. The summed E-state index contributed by atoms with van der Waals surface area (Å²) in [6.07, 6.45) is 0. The maximum Gasteiger partial charge on any atom is 0.277 e. The largest absolute Gasteiger partial charge is 0.410 e. The average molecular weight is 279 g/mol. The first-order valence-corrected chi connectivity index (χ1v) is 7.10. The minimum atomic E-state index is 0.535. The van der Waals surface area contributed by atoms with Gasteiger partial charge in [-0.05, 0) is 18.4 Å². The van der Waals surface area contributed by atoms with E-state index in [4.69, 9.17) is 8.94 Å². The van der Waals surface area contributed by atoms with Gasteiger partial charge in [0.25, 0.3) is 11.1 Å². The molecule has 3 aromatic heterocycles.